The molecule has 2 aromatic heterocycles. The van der Waals surface area contributed by atoms with Crippen LogP contribution in [0.4, 0.5) is 5.82 Å². The van der Waals surface area contributed by atoms with Gasteiger partial charge in [-0.05, 0) is 23.6 Å². The fourth-order valence-electron chi connectivity index (χ4n) is 1.61. The maximum absolute atomic E-state index is 5.90. The van der Waals surface area contributed by atoms with Crippen LogP contribution in [0.15, 0.2) is 11.4 Å². The zero-order valence-corrected chi connectivity index (χ0v) is 11.6. The number of fused-ring (bicyclic) bond motifs is 1. The van der Waals surface area contributed by atoms with Crippen molar-refractivity contribution in [3.05, 3.63) is 17.3 Å². The summed E-state index contributed by atoms with van der Waals surface area (Å²) in [6.45, 7) is 2.22. The largest absolute Gasteiger partial charge is 0.383 e. The summed E-state index contributed by atoms with van der Waals surface area (Å²) in [6.07, 6.45) is 3.85. The van der Waals surface area contributed by atoms with Gasteiger partial charge in [0.05, 0.1) is 11.1 Å². The first-order chi connectivity index (χ1) is 8.31. The van der Waals surface area contributed by atoms with E-state index < -0.39 is 0 Å². The van der Waals surface area contributed by atoms with Crippen LogP contribution in [0.3, 0.4) is 0 Å². The van der Waals surface area contributed by atoms with Gasteiger partial charge >= 0.3 is 0 Å². The Morgan fingerprint density at radius 1 is 1.35 bits per heavy atom. The first kappa shape index (κ1) is 12.6. The molecule has 0 saturated carbocycles. The Morgan fingerprint density at radius 3 is 3.06 bits per heavy atom. The molecular formula is C12H17N3S2. The lowest BCUT2D eigenvalue weighted by Gasteiger charge is -2.02. The van der Waals surface area contributed by atoms with Crippen LogP contribution in [0.2, 0.25) is 0 Å². The molecule has 0 amide bonds. The van der Waals surface area contributed by atoms with E-state index in [0.717, 1.165) is 21.8 Å². The Labute approximate surface area is 110 Å². The van der Waals surface area contributed by atoms with Crippen LogP contribution in [0, 0.1) is 0 Å². The summed E-state index contributed by atoms with van der Waals surface area (Å²) in [7, 11) is 0. The average molecular weight is 267 g/mol. The second-order valence-electron chi connectivity index (χ2n) is 3.92. The lowest BCUT2D eigenvalue weighted by molar-refractivity contribution is 0.778. The minimum atomic E-state index is 0.611. The molecule has 0 aliphatic carbocycles. The topological polar surface area (TPSA) is 51.8 Å². The molecule has 0 unspecified atom stereocenters. The molecule has 0 aromatic carbocycles. The number of nitrogens with zero attached hydrogens (tertiary/aromatic N) is 2. The number of unbranched alkanes of at least 4 members (excludes halogenated alkanes) is 2. The molecule has 0 aliphatic heterocycles. The Bertz CT molecular complexity index is 482. The van der Waals surface area contributed by atoms with E-state index >= 15 is 0 Å². The molecule has 0 atom stereocenters. The minimum absolute atomic E-state index is 0.611. The van der Waals surface area contributed by atoms with Gasteiger partial charge in [-0.1, -0.05) is 19.8 Å². The number of rotatable bonds is 6. The van der Waals surface area contributed by atoms with Gasteiger partial charge in [0.1, 0.15) is 16.5 Å². The number of thioether (sulfide) groups is 1. The first-order valence-corrected chi connectivity index (χ1v) is 7.92. The van der Waals surface area contributed by atoms with E-state index in [-0.39, 0.29) is 0 Å². The monoisotopic (exact) mass is 267 g/mol. The molecule has 2 heterocycles. The molecule has 92 valence electrons. The lowest BCUT2D eigenvalue weighted by atomic mass is 10.3. The molecule has 17 heavy (non-hydrogen) atoms. The van der Waals surface area contributed by atoms with Crippen molar-refractivity contribution in [1.82, 2.24) is 9.97 Å². The van der Waals surface area contributed by atoms with Crippen molar-refractivity contribution in [2.75, 3.05) is 11.5 Å². The second kappa shape index (κ2) is 6.21. The van der Waals surface area contributed by atoms with Gasteiger partial charge in [0, 0.05) is 0 Å². The summed E-state index contributed by atoms with van der Waals surface area (Å²) in [6, 6.07) is 1.98. The number of anilines is 1. The molecule has 0 radical (unpaired) electrons. The number of hydrogen-bond acceptors (Lipinski definition) is 5. The van der Waals surface area contributed by atoms with Crippen LogP contribution in [0.1, 0.15) is 32.0 Å². The van der Waals surface area contributed by atoms with E-state index in [4.69, 9.17) is 5.73 Å². The highest BCUT2D eigenvalue weighted by molar-refractivity contribution is 7.98. The third-order valence-corrected chi connectivity index (χ3v) is 4.37. The lowest BCUT2D eigenvalue weighted by Crippen LogP contribution is -1.98. The van der Waals surface area contributed by atoms with Crippen LogP contribution in [-0.2, 0) is 5.75 Å². The normalized spacial score (nSPS) is 11.1. The molecule has 5 heteroatoms. The van der Waals surface area contributed by atoms with E-state index in [9.17, 15) is 0 Å². The van der Waals surface area contributed by atoms with Crippen LogP contribution in [0.5, 0.6) is 0 Å². The number of nitrogen functional groups attached to an aromatic ring is 1. The maximum Gasteiger partial charge on any atom is 0.142 e. The van der Waals surface area contributed by atoms with Crippen LogP contribution >= 0.6 is 23.1 Å². The van der Waals surface area contributed by atoms with Crippen molar-refractivity contribution in [3.63, 3.8) is 0 Å². The van der Waals surface area contributed by atoms with Crippen molar-refractivity contribution in [1.29, 1.82) is 0 Å². The van der Waals surface area contributed by atoms with Gasteiger partial charge in [-0.25, -0.2) is 9.97 Å². The Balaban J connectivity index is 1.94. The molecular weight excluding hydrogens is 250 g/mol. The highest BCUT2D eigenvalue weighted by Crippen LogP contribution is 2.24. The zero-order chi connectivity index (χ0) is 12.1. The van der Waals surface area contributed by atoms with Gasteiger partial charge in [-0.3, -0.25) is 0 Å². The quantitative estimate of drug-likeness (QED) is 0.811. The summed E-state index contributed by atoms with van der Waals surface area (Å²) < 4.78 is 0. The highest BCUT2D eigenvalue weighted by atomic mass is 32.2. The molecule has 0 bridgehead atoms. The van der Waals surface area contributed by atoms with Gasteiger partial charge in [-0.2, -0.15) is 11.8 Å². The third kappa shape index (κ3) is 3.33. The first-order valence-electron chi connectivity index (χ1n) is 5.88. The second-order valence-corrected chi connectivity index (χ2v) is 5.92. The SMILES string of the molecule is CCCCCSCc1nc(N)c2ccsc2n1. The molecule has 2 rings (SSSR count). The number of nitrogens with two attached hydrogens (primary N) is 1. The van der Waals surface area contributed by atoms with Crippen molar-refractivity contribution in [2.45, 2.75) is 31.9 Å². The van der Waals surface area contributed by atoms with E-state index in [1.54, 1.807) is 11.3 Å². The van der Waals surface area contributed by atoms with Crippen molar-refractivity contribution >= 4 is 39.1 Å². The molecule has 0 saturated heterocycles. The predicted molar refractivity (Wildman–Crippen MR) is 77.5 cm³/mol. The van der Waals surface area contributed by atoms with Gasteiger partial charge in [0.15, 0.2) is 0 Å². The molecule has 0 fully saturated rings. The average Bonchev–Trinajstić information content (AvgIpc) is 2.77. The minimum Gasteiger partial charge on any atom is -0.383 e. The van der Waals surface area contributed by atoms with E-state index in [0.29, 0.717) is 5.82 Å². The van der Waals surface area contributed by atoms with Gasteiger partial charge in [-0.15, -0.1) is 11.3 Å². The molecule has 3 nitrogen and oxygen atoms in total. The number of aromatic nitrogens is 2. The Morgan fingerprint density at radius 2 is 2.24 bits per heavy atom. The van der Waals surface area contributed by atoms with Crippen LogP contribution in [0.25, 0.3) is 10.2 Å². The zero-order valence-electron chi connectivity index (χ0n) is 9.98. The third-order valence-electron chi connectivity index (χ3n) is 2.52. The summed E-state index contributed by atoms with van der Waals surface area (Å²) >= 11 is 3.51. The van der Waals surface area contributed by atoms with E-state index in [2.05, 4.69) is 16.9 Å². The predicted octanol–water partition coefficient (Wildman–Crippen LogP) is 3.70. The Hall–Kier alpha value is -0.810. The van der Waals surface area contributed by atoms with Crippen molar-refractivity contribution in [2.24, 2.45) is 0 Å². The molecule has 2 aromatic rings. The van der Waals surface area contributed by atoms with Gasteiger partial charge in [0.25, 0.3) is 0 Å². The number of hydrogen-bond donors (Lipinski definition) is 1. The molecule has 0 spiro atoms. The summed E-state index contributed by atoms with van der Waals surface area (Å²) in [5.41, 5.74) is 5.90. The van der Waals surface area contributed by atoms with Gasteiger partial charge < -0.3 is 5.73 Å². The van der Waals surface area contributed by atoms with E-state index in [1.165, 1.54) is 25.0 Å². The Kier molecular flexibility index (Phi) is 4.62. The smallest absolute Gasteiger partial charge is 0.142 e. The van der Waals surface area contributed by atoms with Crippen molar-refractivity contribution < 1.29 is 0 Å². The summed E-state index contributed by atoms with van der Waals surface area (Å²) in [4.78, 5) is 9.87. The maximum atomic E-state index is 5.90. The number of thiophene rings is 1. The fraction of sp³-hybridized carbons (Fsp3) is 0.500. The molecule has 0 aliphatic rings. The van der Waals surface area contributed by atoms with Crippen LogP contribution < -0.4 is 5.73 Å². The van der Waals surface area contributed by atoms with Gasteiger partial charge in [0.2, 0.25) is 0 Å². The summed E-state index contributed by atoms with van der Waals surface area (Å²) in [5.74, 6) is 3.51. The fourth-order valence-corrected chi connectivity index (χ4v) is 3.26. The highest BCUT2D eigenvalue weighted by Gasteiger charge is 2.05. The summed E-state index contributed by atoms with van der Waals surface area (Å²) in [5, 5.41) is 2.99. The van der Waals surface area contributed by atoms with Crippen molar-refractivity contribution in [3.8, 4) is 0 Å². The van der Waals surface area contributed by atoms with E-state index in [1.807, 2.05) is 23.2 Å². The standard InChI is InChI=1S/C12H17N3S2/c1-2-3-4-6-16-8-10-14-11(13)9-5-7-17-12(9)15-10/h5,7H,2-4,6,8H2,1H3,(H2,13,14,15). The molecule has 2 N–H and O–H groups in total. The van der Waals surface area contributed by atoms with Crippen LogP contribution in [-0.4, -0.2) is 15.7 Å².